The first-order valence-corrected chi connectivity index (χ1v) is 14.1. The standard InChI is InChI=1S/C28H33Cl2N5O4/c1-31-9-13-33-11-6-18(7-12-33)35-16-21(28(37)38)26(36)20-14-23(30)25(15-24(20)35)34-10-3-4-19(34)17-39-27-22(29)5-2-8-32-27/h2,5,8,14-16,18-19,31H,3-4,6-7,9-13,17H2,1H3,(H,37,38)/t19-/m1/s1. The molecule has 1 aromatic carbocycles. The summed E-state index contributed by atoms with van der Waals surface area (Å²) in [5.41, 5.74) is 0.769. The highest BCUT2D eigenvalue weighted by molar-refractivity contribution is 6.34. The molecule has 5 rings (SSSR count). The molecule has 39 heavy (non-hydrogen) atoms. The average molecular weight is 575 g/mol. The molecule has 9 nitrogen and oxygen atoms in total. The molecule has 2 N–H and O–H groups in total. The highest BCUT2D eigenvalue weighted by Crippen LogP contribution is 2.37. The highest BCUT2D eigenvalue weighted by Gasteiger charge is 2.30. The Morgan fingerprint density at radius 2 is 1.97 bits per heavy atom. The van der Waals surface area contributed by atoms with Crippen LogP contribution in [0.5, 0.6) is 5.88 Å². The number of rotatable bonds is 9. The highest BCUT2D eigenvalue weighted by atomic mass is 35.5. The summed E-state index contributed by atoms with van der Waals surface area (Å²) in [6.45, 7) is 4.88. The van der Waals surface area contributed by atoms with Gasteiger partial charge in [0.25, 0.3) is 0 Å². The van der Waals surface area contributed by atoms with E-state index in [0.717, 1.165) is 64.1 Å². The second-order valence-corrected chi connectivity index (χ2v) is 11.0. The fourth-order valence-electron chi connectivity index (χ4n) is 5.70. The smallest absolute Gasteiger partial charge is 0.341 e. The SMILES string of the molecule is CNCCN1CCC(n2cc(C(=O)O)c(=O)c3cc(Cl)c(N4CCC[C@@H]4COc4ncccc4Cl)cc32)CC1. The third kappa shape index (κ3) is 5.87. The van der Waals surface area contributed by atoms with E-state index in [-0.39, 0.29) is 17.6 Å². The van der Waals surface area contributed by atoms with E-state index < -0.39 is 11.4 Å². The second kappa shape index (κ2) is 12.1. The number of pyridine rings is 2. The number of piperidine rings is 1. The lowest BCUT2D eigenvalue weighted by Crippen LogP contribution is -2.38. The van der Waals surface area contributed by atoms with Crippen molar-refractivity contribution < 1.29 is 14.6 Å². The largest absolute Gasteiger partial charge is 0.477 e. The van der Waals surface area contributed by atoms with E-state index >= 15 is 0 Å². The molecule has 3 aromatic rings. The molecule has 11 heteroatoms. The Kier molecular flexibility index (Phi) is 8.61. The number of aromatic carboxylic acids is 1. The quantitative estimate of drug-likeness (QED) is 0.390. The van der Waals surface area contributed by atoms with Gasteiger partial charge in [0.1, 0.15) is 17.2 Å². The first kappa shape index (κ1) is 27.7. The van der Waals surface area contributed by atoms with Gasteiger partial charge in [-0.15, -0.1) is 0 Å². The van der Waals surface area contributed by atoms with E-state index in [2.05, 4.69) is 20.1 Å². The summed E-state index contributed by atoms with van der Waals surface area (Å²) >= 11 is 13.0. The molecule has 4 heterocycles. The summed E-state index contributed by atoms with van der Waals surface area (Å²) < 4.78 is 7.95. The van der Waals surface area contributed by atoms with Gasteiger partial charge in [0.15, 0.2) is 0 Å². The molecule has 1 atom stereocenters. The summed E-state index contributed by atoms with van der Waals surface area (Å²) in [6, 6.07) is 7.21. The number of ether oxygens (including phenoxy) is 1. The predicted octanol–water partition coefficient (Wildman–Crippen LogP) is 4.31. The molecule has 0 amide bonds. The van der Waals surface area contributed by atoms with Gasteiger partial charge in [-0.3, -0.25) is 4.79 Å². The number of fused-ring (bicyclic) bond motifs is 1. The number of aromatic nitrogens is 2. The minimum atomic E-state index is -1.23. The maximum absolute atomic E-state index is 13.2. The number of nitrogens with zero attached hydrogens (tertiary/aromatic N) is 4. The third-order valence-electron chi connectivity index (χ3n) is 7.78. The van der Waals surface area contributed by atoms with Crippen LogP contribution in [0.1, 0.15) is 42.1 Å². The van der Waals surface area contributed by atoms with Crippen LogP contribution >= 0.6 is 23.2 Å². The fraction of sp³-hybridized carbons (Fsp3) is 0.464. The Hall–Kier alpha value is -2.85. The van der Waals surface area contributed by atoms with Gasteiger partial charge >= 0.3 is 5.97 Å². The molecule has 2 fully saturated rings. The van der Waals surface area contributed by atoms with Crippen molar-refractivity contribution >= 4 is 45.8 Å². The number of carboxylic acids is 1. The molecule has 0 aliphatic carbocycles. The van der Waals surface area contributed by atoms with Gasteiger partial charge in [-0.2, -0.15) is 0 Å². The van der Waals surface area contributed by atoms with Crippen LogP contribution in [0.3, 0.4) is 0 Å². The van der Waals surface area contributed by atoms with Gasteiger partial charge in [-0.25, -0.2) is 9.78 Å². The number of likely N-dealkylation sites (N-methyl/N-ethyl adjacent to an activating group) is 1. The Morgan fingerprint density at radius 3 is 2.69 bits per heavy atom. The average Bonchev–Trinajstić information content (AvgIpc) is 3.40. The summed E-state index contributed by atoms with van der Waals surface area (Å²) in [4.78, 5) is 34.0. The zero-order chi connectivity index (χ0) is 27.5. The topological polar surface area (TPSA) is 99.9 Å². The Morgan fingerprint density at radius 1 is 1.18 bits per heavy atom. The molecule has 208 valence electrons. The summed E-state index contributed by atoms with van der Waals surface area (Å²) in [5, 5.41) is 14.2. The van der Waals surface area contributed by atoms with Crippen LogP contribution < -0.4 is 20.4 Å². The predicted molar refractivity (Wildman–Crippen MR) is 154 cm³/mol. The van der Waals surface area contributed by atoms with Crippen LogP contribution in [0.2, 0.25) is 10.0 Å². The van der Waals surface area contributed by atoms with E-state index in [0.29, 0.717) is 33.4 Å². The van der Waals surface area contributed by atoms with Crippen LogP contribution in [0.15, 0.2) is 41.5 Å². The number of hydrogen-bond acceptors (Lipinski definition) is 7. The van der Waals surface area contributed by atoms with E-state index in [4.69, 9.17) is 27.9 Å². The number of anilines is 1. The van der Waals surface area contributed by atoms with Crippen molar-refractivity contribution in [2.24, 2.45) is 0 Å². The monoisotopic (exact) mass is 573 g/mol. The number of halogens is 2. The van der Waals surface area contributed by atoms with Crippen LogP contribution in [0.25, 0.3) is 10.9 Å². The van der Waals surface area contributed by atoms with E-state index in [1.165, 1.54) is 6.20 Å². The lowest BCUT2D eigenvalue weighted by Gasteiger charge is -2.34. The second-order valence-electron chi connectivity index (χ2n) is 10.2. The first-order valence-electron chi connectivity index (χ1n) is 13.4. The maximum atomic E-state index is 13.2. The van der Waals surface area contributed by atoms with Crippen LogP contribution in [0, 0.1) is 0 Å². The van der Waals surface area contributed by atoms with Crippen molar-refractivity contribution in [2.45, 2.75) is 37.8 Å². The number of nitrogens with one attached hydrogen (secondary N) is 1. The number of likely N-dealkylation sites (tertiary alicyclic amines) is 1. The molecule has 0 bridgehead atoms. The number of benzene rings is 1. The molecule has 0 spiro atoms. The van der Waals surface area contributed by atoms with Crippen LogP contribution in [-0.4, -0.2) is 77.9 Å². The van der Waals surface area contributed by atoms with E-state index in [1.54, 1.807) is 24.4 Å². The zero-order valence-electron chi connectivity index (χ0n) is 21.9. The molecule has 2 aromatic heterocycles. The molecule has 0 saturated carbocycles. The lowest BCUT2D eigenvalue weighted by molar-refractivity contribution is 0.0694. The van der Waals surface area contributed by atoms with Gasteiger partial charge in [0.2, 0.25) is 11.3 Å². The van der Waals surface area contributed by atoms with Gasteiger partial charge in [0, 0.05) is 56.5 Å². The van der Waals surface area contributed by atoms with Crippen LogP contribution in [0.4, 0.5) is 5.69 Å². The van der Waals surface area contributed by atoms with Gasteiger partial charge < -0.3 is 29.5 Å². The minimum Gasteiger partial charge on any atom is -0.477 e. The number of hydrogen-bond donors (Lipinski definition) is 2. The number of carboxylic acid groups (broad SMARTS) is 1. The Labute approximate surface area is 237 Å². The maximum Gasteiger partial charge on any atom is 0.341 e. The normalized spacial score (nSPS) is 18.6. The zero-order valence-corrected chi connectivity index (χ0v) is 23.4. The van der Waals surface area contributed by atoms with Gasteiger partial charge in [0.05, 0.1) is 22.3 Å². The summed E-state index contributed by atoms with van der Waals surface area (Å²) in [6.07, 6.45) is 6.77. The molecule has 0 radical (unpaired) electrons. The first-order chi connectivity index (χ1) is 18.9. The van der Waals surface area contributed by atoms with Crippen molar-refractivity contribution in [3.63, 3.8) is 0 Å². The molecule has 2 aliphatic heterocycles. The van der Waals surface area contributed by atoms with Crippen molar-refractivity contribution in [3.05, 3.63) is 62.5 Å². The molecule has 2 saturated heterocycles. The summed E-state index contributed by atoms with van der Waals surface area (Å²) in [7, 11) is 1.94. The lowest BCUT2D eigenvalue weighted by atomic mass is 10.0. The van der Waals surface area contributed by atoms with Crippen molar-refractivity contribution in [1.82, 2.24) is 19.8 Å². The summed E-state index contributed by atoms with van der Waals surface area (Å²) in [5.74, 6) is -0.834. The van der Waals surface area contributed by atoms with Crippen molar-refractivity contribution in [1.29, 1.82) is 0 Å². The van der Waals surface area contributed by atoms with Crippen molar-refractivity contribution in [3.8, 4) is 5.88 Å². The molecular formula is C28H33Cl2N5O4. The third-order valence-corrected chi connectivity index (χ3v) is 8.37. The number of carbonyl (C=O) groups is 1. The van der Waals surface area contributed by atoms with Gasteiger partial charge in [-0.1, -0.05) is 23.2 Å². The Bertz CT molecular complexity index is 1410. The fourth-order valence-corrected chi connectivity index (χ4v) is 6.15. The van der Waals surface area contributed by atoms with E-state index in [1.807, 2.05) is 17.7 Å². The van der Waals surface area contributed by atoms with Gasteiger partial charge in [-0.05, 0) is 57.0 Å². The molecular weight excluding hydrogens is 541 g/mol. The molecule has 2 aliphatic rings. The van der Waals surface area contributed by atoms with Crippen molar-refractivity contribution in [2.75, 3.05) is 51.3 Å². The van der Waals surface area contributed by atoms with E-state index in [9.17, 15) is 14.7 Å². The van der Waals surface area contributed by atoms with Crippen LogP contribution in [-0.2, 0) is 0 Å². The Balaban J connectivity index is 1.48. The molecule has 0 unspecified atom stereocenters. The minimum absolute atomic E-state index is 0.0481.